The number of aromatic carboxylic acids is 1. The van der Waals surface area contributed by atoms with E-state index in [0.717, 1.165) is 10.2 Å². The molecule has 3 aromatic rings. The van der Waals surface area contributed by atoms with Crippen molar-refractivity contribution < 1.29 is 9.90 Å². The zero-order valence-corrected chi connectivity index (χ0v) is 12.1. The Morgan fingerprint density at radius 2 is 1.73 bits per heavy atom. The Kier molecular flexibility index (Phi) is 3.65. The van der Waals surface area contributed by atoms with E-state index in [1.54, 1.807) is 48.5 Å². The number of hydrogen-bond acceptors (Lipinski definition) is 3. The number of rotatable bonds is 3. The van der Waals surface area contributed by atoms with E-state index >= 15 is 0 Å². The maximum absolute atomic E-state index is 12.5. The first kappa shape index (κ1) is 14.3. The van der Waals surface area contributed by atoms with Crippen molar-refractivity contribution in [2.75, 3.05) is 0 Å². The minimum Gasteiger partial charge on any atom is -0.476 e. The highest BCUT2D eigenvalue weighted by molar-refractivity contribution is 6.30. The van der Waals surface area contributed by atoms with Crippen molar-refractivity contribution in [1.82, 2.24) is 9.78 Å². The molecule has 6 heteroatoms. The number of carboxylic acid groups (broad SMARTS) is 1. The molecule has 0 bridgehead atoms. The van der Waals surface area contributed by atoms with Gasteiger partial charge in [0.05, 0.1) is 11.9 Å². The van der Waals surface area contributed by atoms with Gasteiger partial charge in [-0.3, -0.25) is 4.79 Å². The smallest absolute Gasteiger partial charge is 0.357 e. The largest absolute Gasteiger partial charge is 0.476 e. The molecule has 5 nitrogen and oxygen atoms in total. The lowest BCUT2D eigenvalue weighted by molar-refractivity contribution is 0.0690. The second-order valence-electron chi connectivity index (χ2n) is 4.79. The van der Waals surface area contributed by atoms with E-state index in [-0.39, 0.29) is 17.8 Å². The van der Waals surface area contributed by atoms with Gasteiger partial charge in [0.15, 0.2) is 5.69 Å². The highest BCUT2D eigenvalue weighted by Gasteiger charge is 2.15. The summed E-state index contributed by atoms with van der Waals surface area (Å²) in [4.78, 5) is 23.8. The molecule has 0 atom stereocenters. The van der Waals surface area contributed by atoms with Crippen LogP contribution in [0.1, 0.15) is 16.1 Å². The molecule has 2 aromatic carbocycles. The van der Waals surface area contributed by atoms with Crippen molar-refractivity contribution in [3.8, 4) is 0 Å². The predicted octanol–water partition coefficient (Wildman–Crippen LogP) is 2.80. The molecule has 0 aliphatic heterocycles. The first-order chi connectivity index (χ1) is 10.6. The Balaban J connectivity index is 2.17. The third kappa shape index (κ3) is 2.58. The van der Waals surface area contributed by atoms with E-state index in [1.165, 1.54) is 0 Å². The maximum Gasteiger partial charge on any atom is 0.357 e. The lowest BCUT2D eigenvalue weighted by Gasteiger charge is -2.09. The molecule has 1 heterocycles. The third-order valence-corrected chi connectivity index (χ3v) is 3.57. The third-order valence-electron chi connectivity index (χ3n) is 3.32. The van der Waals surface area contributed by atoms with Gasteiger partial charge in [0.1, 0.15) is 0 Å². The van der Waals surface area contributed by atoms with Gasteiger partial charge in [-0.25, -0.2) is 9.48 Å². The first-order valence-corrected chi connectivity index (χ1v) is 6.91. The number of aromatic nitrogens is 2. The summed E-state index contributed by atoms with van der Waals surface area (Å²) in [6.45, 7) is 0.182. The van der Waals surface area contributed by atoms with Crippen molar-refractivity contribution in [3.05, 3.63) is 75.2 Å². The average molecular weight is 315 g/mol. The summed E-state index contributed by atoms with van der Waals surface area (Å²) in [7, 11) is 0. The predicted molar refractivity (Wildman–Crippen MR) is 83.5 cm³/mol. The van der Waals surface area contributed by atoms with Crippen LogP contribution in [0.4, 0.5) is 0 Å². The molecule has 0 aliphatic rings. The van der Waals surface area contributed by atoms with Gasteiger partial charge in [0.25, 0.3) is 5.56 Å². The molecular formula is C16H11ClN2O3. The molecule has 0 saturated heterocycles. The molecule has 0 aliphatic carbocycles. The van der Waals surface area contributed by atoms with Crippen LogP contribution in [-0.2, 0) is 6.54 Å². The van der Waals surface area contributed by atoms with Gasteiger partial charge in [-0.05, 0) is 23.8 Å². The number of carboxylic acids is 1. The van der Waals surface area contributed by atoms with Crippen molar-refractivity contribution in [3.63, 3.8) is 0 Å². The highest BCUT2D eigenvalue weighted by Crippen LogP contribution is 2.14. The van der Waals surface area contributed by atoms with E-state index in [9.17, 15) is 14.7 Å². The minimum atomic E-state index is -1.17. The second-order valence-corrected chi connectivity index (χ2v) is 5.23. The topological polar surface area (TPSA) is 72.2 Å². The zero-order chi connectivity index (χ0) is 15.7. The summed E-state index contributed by atoms with van der Waals surface area (Å²) in [6.07, 6.45) is 0. The van der Waals surface area contributed by atoms with Gasteiger partial charge < -0.3 is 5.11 Å². The van der Waals surface area contributed by atoms with Crippen molar-refractivity contribution >= 4 is 28.3 Å². The number of hydrogen-bond donors (Lipinski definition) is 1. The Morgan fingerprint density at radius 1 is 1.09 bits per heavy atom. The maximum atomic E-state index is 12.5. The molecule has 0 saturated carbocycles. The van der Waals surface area contributed by atoms with Crippen molar-refractivity contribution in [2.45, 2.75) is 6.54 Å². The molecule has 0 spiro atoms. The van der Waals surface area contributed by atoms with Crippen LogP contribution in [0.15, 0.2) is 53.3 Å². The number of carbonyl (C=O) groups is 1. The van der Waals surface area contributed by atoms with Gasteiger partial charge in [0, 0.05) is 10.4 Å². The molecule has 0 amide bonds. The van der Waals surface area contributed by atoms with Crippen LogP contribution < -0.4 is 5.56 Å². The van der Waals surface area contributed by atoms with Crippen LogP contribution in [0, 0.1) is 0 Å². The van der Waals surface area contributed by atoms with E-state index in [2.05, 4.69) is 5.10 Å². The lowest BCUT2D eigenvalue weighted by atomic mass is 10.1. The summed E-state index contributed by atoms with van der Waals surface area (Å²) in [5.41, 5.74) is 0.352. The number of nitrogens with zero attached hydrogens (tertiary/aromatic N) is 2. The fourth-order valence-electron chi connectivity index (χ4n) is 2.26. The average Bonchev–Trinajstić information content (AvgIpc) is 2.52. The minimum absolute atomic E-state index is 0.135. The SMILES string of the molecule is O=C(O)c1nn(Cc2ccc(Cl)cc2)c(=O)c2ccccc12. The molecule has 0 unspecified atom stereocenters. The summed E-state index contributed by atoms with van der Waals surface area (Å²) < 4.78 is 1.16. The van der Waals surface area contributed by atoms with E-state index < -0.39 is 5.97 Å². The van der Waals surface area contributed by atoms with Crippen LogP contribution in [0.5, 0.6) is 0 Å². The molecule has 22 heavy (non-hydrogen) atoms. The molecular weight excluding hydrogens is 304 g/mol. The van der Waals surface area contributed by atoms with Gasteiger partial charge >= 0.3 is 5.97 Å². The van der Waals surface area contributed by atoms with Crippen LogP contribution in [0.3, 0.4) is 0 Å². The van der Waals surface area contributed by atoms with E-state index in [1.807, 2.05) is 0 Å². The number of benzene rings is 2. The van der Waals surface area contributed by atoms with Gasteiger partial charge in [-0.1, -0.05) is 41.9 Å². The molecule has 3 rings (SSSR count). The normalized spacial score (nSPS) is 10.8. The molecule has 0 radical (unpaired) electrons. The Labute approximate surface area is 130 Å². The lowest BCUT2D eigenvalue weighted by Crippen LogP contribution is -2.26. The summed E-state index contributed by atoms with van der Waals surface area (Å²) in [6, 6.07) is 13.5. The number of fused-ring (bicyclic) bond motifs is 1. The Bertz CT molecular complexity index is 917. The zero-order valence-electron chi connectivity index (χ0n) is 11.4. The van der Waals surface area contributed by atoms with Gasteiger partial charge in [-0.15, -0.1) is 0 Å². The first-order valence-electron chi connectivity index (χ1n) is 6.54. The summed E-state index contributed by atoms with van der Waals surface area (Å²) in [5.74, 6) is -1.17. The summed E-state index contributed by atoms with van der Waals surface area (Å²) in [5, 5.41) is 14.6. The van der Waals surface area contributed by atoms with Crippen molar-refractivity contribution in [2.24, 2.45) is 0 Å². The second kappa shape index (κ2) is 5.61. The molecule has 1 N–H and O–H groups in total. The molecule has 110 valence electrons. The Hall–Kier alpha value is -2.66. The van der Waals surface area contributed by atoms with Crippen LogP contribution in [0.25, 0.3) is 10.8 Å². The monoisotopic (exact) mass is 314 g/mol. The van der Waals surface area contributed by atoms with Crippen molar-refractivity contribution in [1.29, 1.82) is 0 Å². The van der Waals surface area contributed by atoms with Crippen LogP contribution in [0.2, 0.25) is 5.02 Å². The molecule has 1 aromatic heterocycles. The van der Waals surface area contributed by atoms with Gasteiger partial charge in [0.2, 0.25) is 0 Å². The molecule has 0 fully saturated rings. The standard InChI is InChI=1S/C16H11ClN2O3/c17-11-7-5-10(6-8-11)9-19-15(20)13-4-2-1-3-12(13)14(18-19)16(21)22/h1-8H,9H2,(H,21,22). The fraction of sp³-hybridized carbons (Fsp3) is 0.0625. The van der Waals surface area contributed by atoms with E-state index in [0.29, 0.717) is 15.8 Å². The van der Waals surface area contributed by atoms with E-state index in [4.69, 9.17) is 11.6 Å². The quantitative estimate of drug-likeness (QED) is 0.807. The van der Waals surface area contributed by atoms with Gasteiger partial charge in [-0.2, -0.15) is 5.10 Å². The fourth-order valence-corrected chi connectivity index (χ4v) is 2.39. The summed E-state index contributed by atoms with van der Waals surface area (Å²) >= 11 is 5.83. The Morgan fingerprint density at radius 3 is 2.36 bits per heavy atom. The number of halogens is 1. The van der Waals surface area contributed by atoms with Crippen LogP contribution in [-0.4, -0.2) is 20.9 Å². The highest BCUT2D eigenvalue weighted by atomic mass is 35.5. The van der Waals surface area contributed by atoms with Crippen LogP contribution >= 0.6 is 11.6 Å².